The first kappa shape index (κ1) is 11.6. The summed E-state index contributed by atoms with van der Waals surface area (Å²) in [5, 5.41) is 0. The van der Waals surface area contributed by atoms with Crippen LogP contribution in [0.1, 0.15) is 12.5 Å². The van der Waals surface area contributed by atoms with E-state index in [4.69, 9.17) is 0 Å². The van der Waals surface area contributed by atoms with Crippen molar-refractivity contribution in [3.05, 3.63) is 58.3 Å². The lowest BCUT2D eigenvalue weighted by atomic mass is 10.2. The van der Waals surface area contributed by atoms with E-state index in [0.717, 1.165) is 6.07 Å². The van der Waals surface area contributed by atoms with Crippen molar-refractivity contribution in [1.29, 1.82) is 0 Å². The summed E-state index contributed by atoms with van der Waals surface area (Å²) < 4.78 is 28.9. The minimum atomic E-state index is -0.636. The molecule has 0 amide bonds. The summed E-state index contributed by atoms with van der Waals surface area (Å²) in [6.45, 7) is 2.59. The van der Waals surface area contributed by atoms with Crippen molar-refractivity contribution in [3.8, 4) is 0 Å². The number of hydrogen-bond donors (Lipinski definition) is 0. The highest BCUT2D eigenvalue weighted by atomic mass is 19.1. The molecular formula is C12H12F2N2O. The Morgan fingerprint density at radius 1 is 1.06 bits per heavy atom. The van der Waals surface area contributed by atoms with Gasteiger partial charge in [-0.25, -0.2) is 13.6 Å². The summed E-state index contributed by atoms with van der Waals surface area (Å²) in [4.78, 5) is 11.7. The van der Waals surface area contributed by atoms with E-state index in [9.17, 15) is 13.6 Å². The Morgan fingerprint density at radius 3 is 2.18 bits per heavy atom. The number of benzene rings is 1. The predicted molar refractivity (Wildman–Crippen MR) is 59.8 cm³/mol. The van der Waals surface area contributed by atoms with Gasteiger partial charge in [0.05, 0.1) is 6.54 Å². The van der Waals surface area contributed by atoms with Gasteiger partial charge in [-0.2, -0.15) is 0 Å². The summed E-state index contributed by atoms with van der Waals surface area (Å²) in [5.74, 6) is -1.27. The zero-order valence-corrected chi connectivity index (χ0v) is 9.36. The molecule has 0 saturated carbocycles. The lowest BCUT2D eigenvalue weighted by Gasteiger charge is -2.02. The molecule has 0 spiro atoms. The molecule has 1 aromatic heterocycles. The second-order valence-corrected chi connectivity index (χ2v) is 3.77. The Hall–Kier alpha value is -1.91. The zero-order valence-electron chi connectivity index (χ0n) is 9.36. The average molecular weight is 238 g/mol. The van der Waals surface area contributed by atoms with Crippen LogP contribution >= 0.6 is 0 Å². The Bertz CT molecular complexity index is 566. The Balaban J connectivity index is 2.31. The second kappa shape index (κ2) is 4.53. The lowest BCUT2D eigenvalue weighted by molar-refractivity contribution is 0.576. The van der Waals surface area contributed by atoms with Crippen LogP contribution in [-0.4, -0.2) is 9.13 Å². The van der Waals surface area contributed by atoms with Crippen LogP contribution in [0.2, 0.25) is 0 Å². The monoisotopic (exact) mass is 238 g/mol. The minimum absolute atomic E-state index is 0.167. The smallest absolute Gasteiger partial charge is 0.300 e. The molecule has 5 heteroatoms. The third-order valence-electron chi connectivity index (χ3n) is 2.53. The van der Waals surface area contributed by atoms with E-state index in [1.54, 1.807) is 12.4 Å². The highest BCUT2D eigenvalue weighted by molar-refractivity contribution is 5.18. The first-order valence-electron chi connectivity index (χ1n) is 5.30. The van der Waals surface area contributed by atoms with Crippen molar-refractivity contribution in [2.45, 2.75) is 20.0 Å². The molecule has 0 aliphatic carbocycles. The minimum Gasteiger partial charge on any atom is -0.300 e. The molecule has 2 rings (SSSR count). The maximum absolute atomic E-state index is 13.0. The number of rotatable bonds is 3. The van der Waals surface area contributed by atoms with Gasteiger partial charge in [-0.15, -0.1) is 0 Å². The van der Waals surface area contributed by atoms with Gasteiger partial charge in [0.2, 0.25) is 0 Å². The maximum Gasteiger partial charge on any atom is 0.328 e. The molecule has 0 radical (unpaired) electrons. The molecule has 1 aromatic carbocycles. The molecule has 2 aromatic rings. The standard InChI is InChI=1S/C12H12F2N2O/c1-2-15-3-4-16(12(15)17)8-9-5-10(13)7-11(14)6-9/h3-7H,2,8H2,1H3. The highest BCUT2D eigenvalue weighted by Crippen LogP contribution is 2.08. The van der Waals surface area contributed by atoms with E-state index >= 15 is 0 Å². The molecule has 0 N–H and O–H groups in total. The number of aromatic nitrogens is 2. The molecule has 0 aliphatic heterocycles. The fourth-order valence-electron chi connectivity index (χ4n) is 1.71. The van der Waals surface area contributed by atoms with E-state index in [2.05, 4.69) is 0 Å². The summed E-state index contributed by atoms with van der Waals surface area (Å²) in [5.41, 5.74) is 0.246. The first-order chi connectivity index (χ1) is 8.10. The first-order valence-corrected chi connectivity index (χ1v) is 5.30. The lowest BCUT2D eigenvalue weighted by Crippen LogP contribution is -2.23. The normalized spacial score (nSPS) is 10.8. The molecule has 1 heterocycles. The topological polar surface area (TPSA) is 26.9 Å². The van der Waals surface area contributed by atoms with Gasteiger partial charge >= 0.3 is 5.69 Å². The van der Waals surface area contributed by atoms with Gasteiger partial charge in [0.25, 0.3) is 0 Å². The largest absolute Gasteiger partial charge is 0.328 e. The van der Waals surface area contributed by atoms with Crippen molar-refractivity contribution in [3.63, 3.8) is 0 Å². The summed E-state index contributed by atoms with van der Waals surface area (Å²) in [6.07, 6.45) is 3.26. The van der Waals surface area contributed by atoms with Crippen molar-refractivity contribution < 1.29 is 8.78 Å². The van der Waals surface area contributed by atoms with Crippen LogP contribution in [0.15, 0.2) is 35.4 Å². The van der Waals surface area contributed by atoms with Crippen molar-refractivity contribution in [2.24, 2.45) is 0 Å². The van der Waals surface area contributed by atoms with E-state index in [1.807, 2.05) is 6.92 Å². The number of imidazole rings is 1. The van der Waals surface area contributed by atoms with Gasteiger partial charge in [0, 0.05) is 25.0 Å². The SMILES string of the molecule is CCn1ccn(Cc2cc(F)cc(F)c2)c1=O. The Labute approximate surface area is 96.9 Å². The number of aryl methyl sites for hydroxylation is 1. The van der Waals surface area contributed by atoms with Crippen molar-refractivity contribution >= 4 is 0 Å². The van der Waals surface area contributed by atoms with E-state index < -0.39 is 11.6 Å². The molecule has 0 fully saturated rings. The summed E-state index contributed by atoms with van der Waals surface area (Å²) in [7, 11) is 0. The quantitative estimate of drug-likeness (QED) is 0.803. The third-order valence-corrected chi connectivity index (χ3v) is 2.53. The van der Waals surface area contributed by atoms with Crippen LogP contribution in [0.25, 0.3) is 0 Å². The maximum atomic E-state index is 13.0. The van der Waals surface area contributed by atoms with Crippen LogP contribution < -0.4 is 5.69 Å². The van der Waals surface area contributed by atoms with Crippen LogP contribution in [0.5, 0.6) is 0 Å². The van der Waals surface area contributed by atoms with Crippen LogP contribution in [0.3, 0.4) is 0 Å². The number of nitrogens with zero attached hydrogens (tertiary/aromatic N) is 2. The molecular weight excluding hydrogens is 226 g/mol. The molecule has 0 atom stereocenters. The van der Waals surface area contributed by atoms with Gasteiger partial charge in [-0.05, 0) is 24.6 Å². The summed E-state index contributed by atoms with van der Waals surface area (Å²) in [6, 6.07) is 3.25. The van der Waals surface area contributed by atoms with Gasteiger partial charge in [-0.1, -0.05) is 0 Å². The third kappa shape index (κ3) is 2.43. The van der Waals surface area contributed by atoms with Gasteiger partial charge < -0.3 is 0 Å². The molecule has 0 aliphatic rings. The van der Waals surface area contributed by atoms with Crippen LogP contribution in [0, 0.1) is 11.6 Å². The van der Waals surface area contributed by atoms with Crippen molar-refractivity contribution in [1.82, 2.24) is 9.13 Å². The number of halogens is 2. The van der Waals surface area contributed by atoms with Crippen LogP contribution in [0.4, 0.5) is 8.78 Å². The van der Waals surface area contributed by atoms with E-state index in [-0.39, 0.29) is 12.2 Å². The molecule has 0 bridgehead atoms. The van der Waals surface area contributed by atoms with Gasteiger partial charge in [0.1, 0.15) is 11.6 Å². The van der Waals surface area contributed by atoms with Gasteiger partial charge in [-0.3, -0.25) is 9.13 Å². The fraction of sp³-hybridized carbons (Fsp3) is 0.250. The molecule has 0 unspecified atom stereocenters. The Morgan fingerprint density at radius 2 is 1.65 bits per heavy atom. The molecule has 3 nitrogen and oxygen atoms in total. The molecule has 0 saturated heterocycles. The average Bonchev–Trinajstić information content (AvgIpc) is 2.58. The molecule has 90 valence electrons. The second-order valence-electron chi connectivity index (χ2n) is 3.77. The highest BCUT2D eigenvalue weighted by Gasteiger charge is 2.05. The van der Waals surface area contributed by atoms with Gasteiger partial charge in [0.15, 0.2) is 0 Å². The van der Waals surface area contributed by atoms with E-state index in [0.29, 0.717) is 12.1 Å². The zero-order chi connectivity index (χ0) is 12.4. The fourth-order valence-corrected chi connectivity index (χ4v) is 1.71. The van der Waals surface area contributed by atoms with Crippen molar-refractivity contribution in [2.75, 3.05) is 0 Å². The Kier molecular flexibility index (Phi) is 3.08. The summed E-state index contributed by atoms with van der Waals surface area (Å²) >= 11 is 0. The predicted octanol–water partition coefficient (Wildman–Crippen LogP) is 2.00. The number of hydrogen-bond acceptors (Lipinski definition) is 1. The van der Waals surface area contributed by atoms with Crippen LogP contribution in [-0.2, 0) is 13.1 Å². The molecule has 17 heavy (non-hydrogen) atoms. The van der Waals surface area contributed by atoms with E-state index in [1.165, 1.54) is 21.3 Å².